The number of rotatable bonds is 14. The van der Waals surface area contributed by atoms with Crippen LogP contribution in [0.15, 0.2) is 60.7 Å². The highest BCUT2D eigenvalue weighted by Gasteiger charge is 2.17. The predicted octanol–water partition coefficient (Wildman–Crippen LogP) is 9.37. The molecule has 0 atom stereocenters. The van der Waals surface area contributed by atoms with Crippen molar-refractivity contribution in [2.75, 3.05) is 13.2 Å². The van der Waals surface area contributed by atoms with Gasteiger partial charge in [0.2, 0.25) is 0 Å². The van der Waals surface area contributed by atoms with Crippen molar-refractivity contribution < 1.29 is 9.47 Å². The molecule has 3 aromatic carbocycles. The van der Waals surface area contributed by atoms with Crippen molar-refractivity contribution in [3.8, 4) is 11.5 Å². The van der Waals surface area contributed by atoms with E-state index >= 15 is 0 Å². The SMILES string of the molecule is CCCC/C=C/COc1c2ccc(CC)cc2c(OC/C=C/CCCC)c2cc(CC)ccc12. The molecule has 0 aliphatic heterocycles. The monoisotopic (exact) mass is 458 g/mol. The fraction of sp³-hybridized carbons (Fsp3) is 0.438. The van der Waals surface area contributed by atoms with Crippen LogP contribution in [0.4, 0.5) is 0 Å². The number of benzene rings is 3. The van der Waals surface area contributed by atoms with E-state index in [4.69, 9.17) is 9.47 Å². The van der Waals surface area contributed by atoms with Gasteiger partial charge in [-0.25, -0.2) is 0 Å². The fourth-order valence-electron chi connectivity index (χ4n) is 4.27. The lowest BCUT2D eigenvalue weighted by atomic mass is 9.96. The van der Waals surface area contributed by atoms with Gasteiger partial charge in [-0.15, -0.1) is 0 Å². The first kappa shape index (κ1) is 25.9. The fourth-order valence-corrected chi connectivity index (χ4v) is 4.27. The molecule has 0 saturated carbocycles. The number of unbranched alkanes of at least 4 members (excludes halogenated alkanes) is 4. The van der Waals surface area contributed by atoms with Crippen LogP contribution in [-0.4, -0.2) is 13.2 Å². The number of hydrogen-bond acceptors (Lipinski definition) is 2. The molecule has 2 heteroatoms. The van der Waals surface area contributed by atoms with Crippen LogP contribution in [0, 0.1) is 0 Å². The van der Waals surface area contributed by atoms with E-state index in [1.165, 1.54) is 36.8 Å². The van der Waals surface area contributed by atoms with Gasteiger partial charge in [0.05, 0.1) is 0 Å². The molecule has 34 heavy (non-hydrogen) atoms. The largest absolute Gasteiger partial charge is 0.488 e. The van der Waals surface area contributed by atoms with Crippen LogP contribution >= 0.6 is 0 Å². The van der Waals surface area contributed by atoms with Crippen LogP contribution in [0.25, 0.3) is 21.5 Å². The van der Waals surface area contributed by atoms with Gasteiger partial charge in [0.25, 0.3) is 0 Å². The normalized spacial score (nSPS) is 11.9. The minimum absolute atomic E-state index is 0.583. The average Bonchev–Trinajstić information content (AvgIpc) is 2.87. The highest BCUT2D eigenvalue weighted by atomic mass is 16.5. The maximum Gasteiger partial charge on any atom is 0.135 e. The van der Waals surface area contributed by atoms with Gasteiger partial charge in [-0.05, 0) is 48.9 Å². The summed E-state index contributed by atoms with van der Waals surface area (Å²) in [6.07, 6.45) is 17.9. The zero-order chi connectivity index (χ0) is 24.2. The van der Waals surface area contributed by atoms with Gasteiger partial charge in [-0.3, -0.25) is 0 Å². The molecule has 0 heterocycles. The molecule has 0 saturated heterocycles. The number of ether oxygens (including phenoxy) is 2. The molecule has 0 amide bonds. The highest BCUT2D eigenvalue weighted by molar-refractivity contribution is 6.11. The molecule has 0 spiro atoms. The summed E-state index contributed by atoms with van der Waals surface area (Å²) in [5.74, 6) is 1.93. The second-order valence-corrected chi connectivity index (χ2v) is 8.97. The van der Waals surface area contributed by atoms with E-state index in [9.17, 15) is 0 Å². The van der Waals surface area contributed by atoms with E-state index in [0.29, 0.717) is 13.2 Å². The standard InChI is InChI=1S/C32H42O2/c1-5-9-11-13-15-21-33-31-27-19-17-25(7-3)23-29(27)32(34-22-16-14-12-10-6-2)30-24-26(8-4)18-20-28(30)31/h13-20,23-24H,5-12,21-22H2,1-4H3/b15-13+,16-14+. The Hall–Kier alpha value is -2.74. The van der Waals surface area contributed by atoms with E-state index < -0.39 is 0 Å². The minimum atomic E-state index is 0.583. The van der Waals surface area contributed by atoms with Crippen molar-refractivity contribution in [2.45, 2.75) is 79.1 Å². The first-order chi connectivity index (χ1) is 16.7. The average molecular weight is 459 g/mol. The second kappa shape index (κ2) is 13.8. The maximum atomic E-state index is 6.48. The molecule has 3 rings (SSSR count). The van der Waals surface area contributed by atoms with Crippen LogP contribution < -0.4 is 9.47 Å². The molecule has 3 aromatic rings. The Bertz CT molecular complexity index is 1040. The molecular formula is C32H42O2. The van der Waals surface area contributed by atoms with Gasteiger partial charge in [-0.1, -0.05) is 102 Å². The van der Waals surface area contributed by atoms with Gasteiger partial charge in [-0.2, -0.15) is 0 Å². The molecule has 0 fully saturated rings. The third kappa shape index (κ3) is 6.65. The Morgan fingerprint density at radius 3 is 1.41 bits per heavy atom. The van der Waals surface area contributed by atoms with Crippen LogP contribution in [0.5, 0.6) is 11.5 Å². The lowest BCUT2D eigenvalue weighted by Gasteiger charge is -2.18. The van der Waals surface area contributed by atoms with Crippen LogP contribution in [0.3, 0.4) is 0 Å². The van der Waals surface area contributed by atoms with Crippen molar-refractivity contribution in [2.24, 2.45) is 0 Å². The Morgan fingerprint density at radius 2 is 1.00 bits per heavy atom. The second-order valence-electron chi connectivity index (χ2n) is 8.97. The molecule has 0 aliphatic carbocycles. The zero-order valence-electron chi connectivity index (χ0n) is 21.7. The first-order valence-corrected chi connectivity index (χ1v) is 13.3. The number of aryl methyl sites for hydroxylation is 2. The van der Waals surface area contributed by atoms with Crippen molar-refractivity contribution in [3.63, 3.8) is 0 Å². The Morgan fingerprint density at radius 1 is 0.559 bits per heavy atom. The Kier molecular flexibility index (Phi) is 10.5. The summed E-state index contributed by atoms with van der Waals surface area (Å²) in [7, 11) is 0. The summed E-state index contributed by atoms with van der Waals surface area (Å²) >= 11 is 0. The highest BCUT2D eigenvalue weighted by Crippen LogP contribution is 2.43. The van der Waals surface area contributed by atoms with Gasteiger partial charge < -0.3 is 9.47 Å². The molecule has 0 radical (unpaired) electrons. The maximum absolute atomic E-state index is 6.48. The molecule has 2 nitrogen and oxygen atoms in total. The number of allylic oxidation sites excluding steroid dienone is 2. The summed E-state index contributed by atoms with van der Waals surface area (Å²) in [5.41, 5.74) is 2.62. The van der Waals surface area contributed by atoms with Gasteiger partial charge in [0.1, 0.15) is 24.7 Å². The van der Waals surface area contributed by atoms with Crippen molar-refractivity contribution in [1.29, 1.82) is 0 Å². The number of fused-ring (bicyclic) bond motifs is 2. The Labute approximate surface area is 206 Å². The van der Waals surface area contributed by atoms with Crippen LogP contribution in [0.2, 0.25) is 0 Å². The zero-order valence-corrected chi connectivity index (χ0v) is 21.7. The molecule has 0 unspecified atom stereocenters. The van der Waals surface area contributed by atoms with E-state index in [1.807, 2.05) is 0 Å². The van der Waals surface area contributed by atoms with E-state index in [0.717, 1.165) is 58.7 Å². The van der Waals surface area contributed by atoms with Crippen molar-refractivity contribution >= 4 is 21.5 Å². The van der Waals surface area contributed by atoms with E-state index in [-0.39, 0.29) is 0 Å². The quantitative estimate of drug-likeness (QED) is 0.136. The third-order valence-electron chi connectivity index (χ3n) is 6.39. The van der Waals surface area contributed by atoms with Crippen molar-refractivity contribution in [1.82, 2.24) is 0 Å². The van der Waals surface area contributed by atoms with Crippen LogP contribution in [-0.2, 0) is 12.8 Å². The topological polar surface area (TPSA) is 18.5 Å². The first-order valence-electron chi connectivity index (χ1n) is 13.3. The summed E-state index contributed by atoms with van der Waals surface area (Å²) in [4.78, 5) is 0. The molecule has 0 aliphatic rings. The van der Waals surface area contributed by atoms with Gasteiger partial charge in [0, 0.05) is 21.5 Å². The van der Waals surface area contributed by atoms with Gasteiger partial charge >= 0.3 is 0 Å². The summed E-state index contributed by atoms with van der Waals surface area (Å²) in [5, 5.41) is 4.54. The lowest BCUT2D eigenvalue weighted by Crippen LogP contribution is -2.01. The van der Waals surface area contributed by atoms with Crippen molar-refractivity contribution in [3.05, 3.63) is 71.8 Å². The molecule has 0 N–H and O–H groups in total. The summed E-state index contributed by atoms with van der Waals surface area (Å²) in [6, 6.07) is 13.4. The van der Waals surface area contributed by atoms with E-state index in [2.05, 4.69) is 88.4 Å². The minimum Gasteiger partial charge on any atom is -0.488 e. The van der Waals surface area contributed by atoms with Crippen LogP contribution in [0.1, 0.15) is 77.3 Å². The lowest BCUT2D eigenvalue weighted by molar-refractivity contribution is 0.365. The van der Waals surface area contributed by atoms with E-state index in [1.54, 1.807) is 0 Å². The summed E-state index contributed by atoms with van der Waals surface area (Å²) in [6.45, 7) is 10.0. The molecule has 0 bridgehead atoms. The molecule has 182 valence electrons. The molecule has 0 aromatic heterocycles. The predicted molar refractivity (Wildman–Crippen MR) is 149 cm³/mol. The smallest absolute Gasteiger partial charge is 0.135 e. The summed E-state index contributed by atoms with van der Waals surface area (Å²) < 4.78 is 12.9. The van der Waals surface area contributed by atoms with Gasteiger partial charge in [0.15, 0.2) is 0 Å². The molecular weight excluding hydrogens is 416 g/mol. The number of hydrogen-bond donors (Lipinski definition) is 0. The Balaban J connectivity index is 2.06. The third-order valence-corrected chi connectivity index (χ3v) is 6.39.